The van der Waals surface area contributed by atoms with E-state index in [2.05, 4.69) is 35.5 Å². The maximum absolute atomic E-state index is 13.8. The molecule has 2 aromatic rings. The molecule has 4 aliphatic rings. The molecule has 3 amide bonds. The molecular weight excluding hydrogens is 456 g/mol. The smallest absolute Gasteiger partial charge is 0.271 e. The number of carbonyl (C=O) groups excluding carboxylic acids is 4. The van der Waals surface area contributed by atoms with Crippen LogP contribution in [0.3, 0.4) is 0 Å². The number of aromatic amines is 1. The molecule has 4 fully saturated rings. The molecule has 8 nitrogen and oxygen atoms in total. The van der Waals surface area contributed by atoms with E-state index in [0.29, 0.717) is 37.4 Å². The Kier molecular flexibility index (Phi) is 5.46. The maximum atomic E-state index is 13.8. The third-order valence-corrected chi connectivity index (χ3v) is 9.09. The minimum absolute atomic E-state index is 0.0593. The number of hydrogen-bond acceptors (Lipinski definition) is 4. The van der Waals surface area contributed by atoms with E-state index in [1.807, 2.05) is 18.2 Å². The highest BCUT2D eigenvalue weighted by atomic mass is 16.2. The molecule has 0 spiro atoms. The number of aldehydes is 1. The minimum Gasteiger partial charge on any atom is -0.356 e. The fourth-order valence-corrected chi connectivity index (χ4v) is 6.93. The number of hydrogen-bond donors (Lipinski definition) is 3. The van der Waals surface area contributed by atoms with Crippen LogP contribution in [0.15, 0.2) is 24.3 Å². The number of carbonyl (C=O) groups is 4. The molecule has 2 saturated heterocycles. The lowest BCUT2D eigenvalue weighted by Gasteiger charge is -2.48. The molecule has 0 bridgehead atoms. The van der Waals surface area contributed by atoms with Crippen molar-refractivity contribution in [3.63, 3.8) is 0 Å². The van der Waals surface area contributed by atoms with Crippen molar-refractivity contribution in [1.82, 2.24) is 20.5 Å². The molecule has 3 N–H and O–H groups in total. The van der Waals surface area contributed by atoms with E-state index >= 15 is 0 Å². The van der Waals surface area contributed by atoms with Crippen LogP contribution in [0.1, 0.15) is 67.9 Å². The van der Waals surface area contributed by atoms with Gasteiger partial charge < -0.3 is 25.3 Å². The number of likely N-dealkylation sites (tertiary alicyclic amines) is 1. The summed E-state index contributed by atoms with van der Waals surface area (Å²) in [5, 5.41) is 6.74. The summed E-state index contributed by atoms with van der Waals surface area (Å²) in [5.74, 6) is 0.0591. The SMILES string of the molecule is CC1(C)C[C@@H]2[C@@H](C(=O)N[C@H](C=O)C[C@@H]3CCNC3=O)N(C(=O)c3cc4c(C5CC5)cccc4[nH]3)C[C@@H]21. The summed E-state index contributed by atoms with van der Waals surface area (Å²) >= 11 is 0. The predicted octanol–water partition coefficient (Wildman–Crippen LogP) is 2.74. The minimum atomic E-state index is -0.746. The normalized spacial score (nSPS) is 29.4. The van der Waals surface area contributed by atoms with Gasteiger partial charge in [0.15, 0.2) is 0 Å². The van der Waals surface area contributed by atoms with Gasteiger partial charge in [-0.25, -0.2) is 0 Å². The monoisotopic (exact) mass is 490 g/mol. The Hall–Kier alpha value is -3.16. The molecule has 0 unspecified atom stereocenters. The molecule has 36 heavy (non-hydrogen) atoms. The van der Waals surface area contributed by atoms with Crippen molar-refractivity contribution in [1.29, 1.82) is 0 Å². The van der Waals surface area contributed by atoms with Gasteiger partial charge in [-0.05, 0) is 73.0 Å². The van der Waals surface area contributed by atoms with Crippen LogP contribution in [-0.4, -0.2) is 59.1 Å². The van der Waals surface area contributed by atoms with E-state index in [-0.39, 0.29) is 47.3 Å². The molecule has 2 aliphatic carbocycles. The summed E-state index contributed by atoms with van der Waals surface area (Å²) < 4.78 is 0. The molecule has 1 aromatic carbocycles. The van der Waals surface area contributed by atoms with E-state index < -0.39 is 12.1 Å². The quantitative estimate of drug-likeness (QED) is 0.518. The molecule has 190 valence electrons. The van der Waals surface area contributed by atoms with Gasteiger partial charge >= 0.3 is 0 Å². The largest absolute Gasteiger partial charge is 0.356 e. The van der Waals surface area contributed by atoms with E-state index in [0.717, 1.165) is 17.3 Å². The fourth-order valence-electron chi connectivity index (χ4n) is 6.93. The van der Waals surface area contributed by atoms with Crippen molar-refractivity contribution in [2.24, 2.45) is 23.2 Å². The molecule has 6 rings (SSSR count). The third-order valence-electron chi connectivity index (χ3n) is 9.09. The van der Waals surface area contributed by atoms with E-state index in [1.54, 1.807) is 4.90 Å². The average molecular weight is 491 g/mol. The average Bonchev–Trinajstić information content (AvgIpc) is 3.32. The van der Waals surface area contributed by atoms with Gasteiger partial charge in [0.25, 0.3) is 5.91 Å². The Labute approximate surface area is 210 Å². The lowest BCUT2D eigenvalue weighted by molar-refractivity contribution is -0.131. The Balaban J connectivity index is 1.25. The van der Waals surface area contributed by atoms with Gasteiger partial charge in [-0.15, -0.1) is 0 Å². The number of nitrogens with zero attached hydrogens (tertiary/aromatic N) is 1. The maximum Gasteiger partial charge on any atom is 0.271 e. The van der Waals surface area contributed by atoms with Crippen LogP contribution < -0.4 is 10.6 Å². The summed E-state index contributed by atoms with van der Waals surface area (Å²) in [6.45, 7) is 5.50. The second kappa shape index (κ2) is 8.46. The van der Waals surface area contributed by atoms with E-state index in [1.165, 1.54) is 18.4 Å². The summed E-state index contributed by atoms with van der Waals surface area (Å²) in [7, 11) is 0. The van der Waals surface area contributed by atoms with Crippen LogP contribution in [0.25, 0.3) is 10.9 Å². The molecular formula is C28H34N4O4. The van der Waals surface area contributed by atoms with Gasteiger partial charge in [0.05, 0.1) is 6.04 Å². The molecule has 2 aliphatic heterocycles. The second-order valence-corrected chi connectivity index (χ2v) is 11.9. The van der Waals surface area contributed by atoms with Crippen molar-refractivity contribution in [3.8, 4) is 0 Å². The highest BCUT2D eigenvalue weighted by Gasteiger charge is 2.60. The zero-order valence-corrected chi connectivity index (χ0v) is 20.9. The fraction of sp³-hybridized carbons (Fsp3) is 0.571. The number of benzene rings is 1. The van der Waals surface area contributed by atoms with Crippen LogP contribution >= 0.6 is 0 Å². The van der Waals surface area contributed by atoms with Gasteiger partial charge in [0.1, 0.15) is 18.0 Å². The van der Waals surface area contributed by atoms with Crippen LogP contribution in [0.2, 0.25) is 0 Å². The molecule has 3 heterocycles. The van der Waals surface area contributed by atoms with Gasteiger partial charge in [-0.3, -0.25) is 14.4 Å². The van der Waals surface area contributed by atoms with Crippen LogP contribution in [0.4, 0.5) is 0 Å². The number of amides is 3. The number of aromatic nitrogens is 1. The first-order valence-electron chi connectivity index (χ1n) is 13.2. The Morgan fingerprint density at radius 1 is 1.25 bits per heavy atom. The van der Waals surface area contributed by atoms with Crippen molar-refractivity contribution in [2.45, 2.75) is 64.0 Å². The number of H-pyrrole nitrogens is 1. The summed E-state index contributed by atoms with van der Waals surface area (Å²) in [4.78, 5) is 56.2. The van der Waals surface area contributed by atoms with Gasteiger partial charge in [-0.2, -0.15) is 0 Å². The first-order chi connectivity index (χ1) is 17.3. The van der Waals surface area contributed by atoms with Crippen molar-refractivity contribution in [3.05, 3.63) is 35.5 Å². The number of rotatable bonds is 7. The number of nitrogens with one attached hydrogen (secondary N) is 3. The van der Waals surface area contributed by atoms with Crippen LogP contribution in [0.5, 0.6) is 0 Å². The van der Waals surface area contributed by atoms with Crippen LogP contribution in [-0.2, 0) is 14.4 Å². The van der Waals surface area contributed by atoms with Gasteiger partial charge in [-0.1, -0.05) is 26.0 Å². The lowest BCUT2D eigenvalue weighted by atomic mass is 9.55. The molecule has 0 radical (unpaired) electrons. The Morgan fingerprint density at radius 3 is 2.72 bits per heavy atom. The second-order valence-electron chi connectivity index (χ2n) is 11.9. The lowest BCUT2D eigenvalue weighted by Crippen LogP contribution is -2.54. The van der Waals surface area contributed by atoms with Crippen molar-refractivity contribution >= 4 is 34.9 Å². The summed E-state index contributed by atoms with van der Waals surface area (Å²) in [5.41, 5.74) is 2.79. The molecule has 2 saturated carbocycles. The summed E-state index contributed by atoms with van der Waals surface area (Å²) in [6.07, 6.45) is 4.88. The van der Waals surface area contributed by atoms with Gasteiger partial charge in [0, 0.05) is 29.9 Å². The van der Waals surface area contributed by atoms with Crippen molar-refractivity contribution in [2.75, 3.05) is 13.1 Å². The molecule has 1 aromatic heterocycles. The van der Waals surface area contributed by atoms with Gasteiger partial charge in [0.2, 0.25) is 11.8 Å². The Morgan fingerprint density at radius 2 is 2.06 bits per heavy atom. The first-order valence-corrected chi connectivity index (χ1v) is 13.2. The highest BCUT2D eigenvalue weighted by Crippen LogP contribution is 2.57. The topological polar surface area (TPSA) is 111 Å². The van der Waals surface area contributed by atoms with E-state index in [4.69, 9.17) is 0 Å². The van der Waals surface area contributed by atoms with Crippen LogP contribution in [0, 0.1) is 23.2 Å². The highest BCUT2D eigenvalue weighted by molar-refractivity contribution is 6.01. The zero-order valence-electron chi connectivity index (χ0n) is 20.9. The third kappa shape index (κ3) is 3.82. The van der Waals surface area contributed by atoms with Crippen molar-refractivity contribution < 1.29 is 19.2 Å². The standard InChI is InChI=1S/C28H34N4O4/c1-28(2)12-20-21(28)13-32(24(20)26(35)30-17(14-33)10-16-8-9-29-25(16)34)27(36)23-11-19-18(15-6-7-15)4-3-5-22(19)31-23/h3-5,11,14-17,20-21,24,31H,6-10,12-13H2,1-2H3,(H,29,34)(H,30,35)/t16-,17-,20-,21-,24-/m0/s1. The summed E-state index contributed by atoms with van der Waals surface area (Å²) in [6, 6.07) is 6.74. The predicted molar refractivity (Wildman–Crippen MR) is 134 cm³/mol. The first kappa shape index (κ1) is 23.3. The molecule has 5 atom stereocenters. The zero-order chi connectivity index (χ0) is 25.2. The van der Waals surface area contributed by atoms with E-state index in [9.17, 15) is 19.2 Å². The molecule has 8 heteroatoms. The number of fused-ring (bicyclic) bond motifs is 2. The Bertz CT molecular complexity index is 1250.